The highest BCUT2D eigenvalue weighted by Gasteiger charge is 2.22. The van der Waals surface area contributed by atoms with Crippen LogP contribution in [0.5, 0.6) is 0 Å². The molecule has 4 heteroatoms. The number of hydrogen-bond donors (Lipinski definition) is 2. The lowest BCUT2D eigenvalue weighted by Crippen LogP contribution is -2.47. The van der Waals surface area contributed by atoms with Gasteiger partial charge in [0.15, 0.2) is 0 Å². The summed E-state index contributed by atoms with van der Waals surface area (Å²) in [5.74, 6) is 0. The highest BCUT2D eigenvalue weighted by atomic mass is 79.9. The van der Waals surface area contributed by atoms with Crippen LogP contribution >= 0.6 is 15.9 Å². The van der Waals surface area contributed by atoms with Gasteiger partial charge in [-0.15, -0.1) is 0 Å². The number of nitrogens with zero attached hydrogens (tertiary/aromatic N) is 1. The molecule has 0 aromatic carbocycles. The van der Waals surface area contributed by atoms with E-state index in [9.17, 15) is 5.11 Å². The fraction of sp³-hybridized carbons (Fsp3) is 0.545. The van der Waals surface area contributed by atoms with Gasteiger partial charge in [-0.05, 0) is 48.8 Å². The summed E-state index contributed by atoms with van der Waals surface area (Å²) in [4.78, 5) is 4.31. The number of rotatable bonds is 4. The molecule has 1 aromatic heterocycles. The summed E-state index contributed by atoms with van der Waals surface area (Å²) in [5, 5.41) is 12.8. The van der Waals surface area contributed by atoms with Crippen molar-refractivity contribution in [3.63, 3.8) is 0 Å². The zero-order valence-electron chi connectivity index (χ0n) is 9.29. The molecule has 1 unspecified atom stereocenters. The Balaban J connectivity index is 2.57. The van der Waals surface area contributed by atoms with Crippen molar-refractivity contribution < 1.29 is 5.11 Å². The van der Waals surface area contributed by atoms with Gasteiger partial charge in [0.2, 0.25) is 0 Å². The lowest BCUT2D eigenvalue weighted by atomic mass is 9.99. The summed E-state index contributed by atoms with van der Waals surface area (Å²) in [6, 6.07) is 5.79. The van der Waals surface area contributed by atoms with Crippen molar-refractivity contribution in [2.75, 3.05) is 0 Å². The van der Waals surface area contributed by atoms with E-state index in [0.717, 1.165) is 10.3 Å². The van der Waals surface area contributed by atoms with Crippen LogP contribution in [-0.2, 0) is 6.54 Å². The number of hydrogen-bond acceptors (Lipinski definition) is 3. The summed E-state index contributed by atoms with van der Waals surface area (Å²) >= 11 is 3.32. The predicted octanol–water partition coefficient (Wildman–Crippen LogP) is 2.09. The van der Waals surface area contributed by atoms with Gasteiger partial charge in [0.1, 0.15) is 4.60 Å². The number of aromatic nitrogens is 1. The normalized spacial score (nSPS) is 13.9. The Morgan fingerprint density at radius 2 is 2.20 bits per heavy atom. The van der Waals surface area contributed by atoms with Crippen LogP contribution in [0.15, 0.2) is 22.8 Å². The summed E-state index contributed by atoms with van der Waals surface area (Å²) in [7, 11) is 0. The number of pyridine rings is 1. The minimum Gasteiger partial charge on any atom is -0.392 e. The molecule has 0 saturated carbocycles. The predicted molar refractivity (Wildman–Crippen MR) is 64.5 cm³/mol. The zero-order valence-corrected chi connectivity index (χ0v) is 10.9. The third-order valence-corrected chi connectivity index (χ3v) is 2.98. The highest BCUT2D eigenvalue weighted by molar-refractivity contribution is 9.10. The number of aliphatic hydroxyl groups is 1. The van der Waals surface area contributed by atoms with Crippen molar-refractivity contribution in [1.82, 2.24) is 10.3 Å². The monoisotopic (exact) mass is 272 g/mol. The number of halogens is 1. The van der Waals surface area contributed by atoms with Crippen molar-refractivity contribution in [2.45, 2.75) is 39.0 Å². The van der Waals surface area contributed by atoms with E-state index in [1.165, 1.54) is 0 Å². The minimum atomic E-state index is -0.398. The van der Waals surface area contributed by atoms with Gasteiger partial charge in [0.05, 0.1) is 11.8 Å². The van der Waals surface area contributed by atoms with E-state index in [2.05, 4.69) is 26.2 Å². The van der Waals surface area contributed by atoms with Crippen LogP contribution in [0.3, 0.4) is 0 Å². The van der Waals surface area contributed by atoms with Crippen molar-refractivity contribution in [3.05, 3.63) is 28.5 Å². The molecule has 0 amide bonds. The smallest absolute Gasteiger partial charge is 0.106 e. The Bertz CT molecular complexity index is 326. The zero-order chi connectivity index (χ0) is 11.5. The Morgan fingerprint density at radius 3 is 2.73 bits per heavy atom. The Morgan fingerprint density at radius 1 is 1.53 bits per heavy atom. The lowest BCUT2D eigenvalue weighted by Gasteiger charge is -2.29. The number of aliphatic hydroxyl groups excluding tert-OH is 1. The molecule has 0 aliphatic carbocycles. The van der Waals surface area contributed by atoms with Crippen molar-refractivity contribution in [1.29, 1.82) is 0 Å². The molecule has 1 aromatic rings. The molecule has 0 radical (unpaired) electrons. The van der Waals surface area contributed by atoms with Crippen molar-refractivity contribution in [3.8, 4) is 0 Å². The third kappa shape index (κ3) is 3.89. The molecule has 3 nitrogen and oxygen atoms in total. The van der Waals surface area contributed by atoms with E-state index in [-0.39, 0.29) is 5.54 Å². The van der Waals surface area contributed by atoms with E-state index < -0.39 is 6.10 Å². The van der Waals surface area contributed by atoms with Crippen LogP contribution in [0.2, 0.25) is 0 Å². The van der Waals surface area contributed by atoms with E-state index in [4.69, 9.17) is 0 Å². The first-order valence-electron chi connectivity index (χ1n) is 4.96. The van der Waals surface area contributed by atoms with Gasteiger partial charge < -0.3 is 10.4 Å². The second-order valence-electron chi connectivity index (χ2n) is 4.20. The molecular weight excluding hydrogens is 256 g/mol. The summed E-state index contributed by atoms with van der Waals surface area (Å²) in [6.07, 6.45) is -0.398. The molecule has 1 heterocycles. The van der Waals surface area contributed by atoms with Crippen LogP contribution in [0.1, 0.15) is 26.5 Å². The molecule has 15 heavy (non-hydrogen) atoms. The second-order valence-corrected chi connectivity index (χ2v) is 5.02. The topological polar surface area (TPSA) is 45.1 Å². The van der Waals surface area contributed by atoms with Crippen molar-refractivity contribution in [2.24, 2.45) is 0 Å². The summed E-state index contributed by atoms with van der Waals surface area (Å²) in [5.41, 5.74) is 0.655. The summed E-state index contributed by atoms with van der Waals surface area (Å²) in [6.45, 7) is 6.37. The fourth-order valence-electron chi connectivity index (χ4n) is 1.01. The van der Waals surface area contributed by atoms with E-state index in [1.54, 1.807) is 6.92 Å². The Labute approximate surface area is 99.1 Å². The van der Waals surface area contributed by atoms with E-state index >= 15 is 0 Å². The van der Waals surface area contributed by atoms with Crippen molar-refractivity contribution >= 4 is 15.9 Å². The van der Waals surface area contributed by atoms with Crippen LogP contribution in [0.4, 0.5) is 0 Å². The molecular formula is C11H17BrN2O. The average Bonchev–Trinajstić information content (AvgIpc) is 2.15. The highest BCUT2D eigenvalue weighted by Crippen LogP contribution is 2.11. The Hall–Kier alpha value is -0.450. The van der Waals surface area contributed by atoms with E-state index in [0.29, 0.717) is 6.54 Å². The van der Waals surface area contributed by atoms with Crippen LogP contribution in [0.25, 0.3) is 0 Å². The first kappa shape index (κ1) is 12.6. The van der Waals surface area contributed by atoms with Gasteiger partial charge >= 0.3 is 0 Å². The molecule has 84 valence electrons. The van der Waals surface area contributed by atoms with Gasteiger partial charge in [0, 0.05) is 12.1 Å². The molecule has 0 spiro atoms. The number of nitrogens with one attached hydrogen (secondary N) is 1. The molecule has 0 bridgehead atoms. The van der Waals surface area contributed by atoms with Gasteiger partial charge in [0.25, 0.3) is 0 Å². The standard InChI is InChI=1S/C11H17BrN2O/c1-8(15)11(2,3)13-7-9-5-4-6-10(12)14-9/h4-6,8,13,15H,7H2,1-3H3. The first-order chi connectivity index (χ1) is 6.92. The van der Waals surface area contributed by atoms with Crippen LogP contribution in [-0.4, -0.2) is 21.7 Å². The van der Waals surface area contributed by atoms with Gasteiger partial charge in [-0.2, -0.15) is 0 Å². The van der Waals surface area contributed by atoms with Gasteiger partial charge in [-0.3, -0.25) is 0 Å². The molecule has 0 aliphatic heterocycles. The SMILES string of the molecule is CC(O)C(C)(C)NCc1cccc(Br)n1. The quantitative estimate of drug-likeness (QED) is 0.826. The lowest BCUT2D eigenvalue weighted by molar-refractivity contribution is 0.0954. The largest absolute Gasteiger partial charge is 0.392 e. The van der Waals surface area contributed by atoms with Crippen LogP contribution < -0.4 is 5.32 Å². The molecule has 0 fully saturated rings. The van der Waals surface area contributed by atoms with E-state index in [1.807, 2.05) is 32.0 Å². The molecule has 2 N–H and O–H groups in total. The maximum atomic E-state index is 9.52. The van der Waals surface area contributed by atoms with Gasteiger partial charge in [-0.25, -0.2) is 4.98 Å². The second kappa shape index (κ2) is 5.05. The van der Waals surface area contributed by atoms with Gasteiger partial charge in [-0.1, -0.05) is 6.07 Å². The third-order valence-electron chi connectivity index (χ3n) is 2.54. The maximum Gasteiger partial charge on any atom is 0.106 e. The molecule has 1 rings (SSSR count). The summed E-state index contributed by atoms with van der Waals surface area (Å²) < 4.78 is 0.830. The molecule has 1 atom stereocenters. The first-order valence-corrected chi connectivity index (χ1v) is 5.75. The fourth-order valence-corrected chi connectivity index (χ4v) is 1.40. The van der Waals surface area contributed by atoms with Crippen LogP contribution in [0, 0.1) is 0 Å². The minimum absolute atomic E-state index is 0.302. The average molecular weight is 273 g/mol. The Kier molecular flexibility index (Phi) is 4.25. The maximum absolute atomic E-state index is 9.52. The molecule has 0 aliphatic rings. The molecule has 0 saturated heterocycles.